The quantitative estimate of drug-likeness (QED) is 0.161. The first-order valence-corrected chi connectivity index (χ1v) is 24.0. The largest absolute Gasteiger partial charge is 0.247 e. The molecule has 0 amide bonds. The predicted molar refractivity (Wildman–Crippen MR) is 278 cm³/mol. The van der Waals surface area contributed by atoms with Gasteiger partial charge in [-0.25, -0.2) is 4.98 Å². The van der Waals surface area contributed by atoms with Gasteiger partial charge in [0.25, 0.3) is 0 Å². The van der Waals surface area contributed by atoms with E-state index in [1.165, 1.54) is 123 Å². The van der Waals surface area contributed by atoms with Crippen LogP contribution in [0, 0.1) is 0 Å². The summed E-state index contributed by atoms with van der Waals surface area (Å²) in [7, 11) is 0. The molecule has 2 aliphatic carbocycles. The molecule has 3 aromatic heterocycles. The summed E-state index contributed by atoms with van der Waals surface area (Å²) < 4.78 is 5.23. The minimum atomic E-state index is -0.461. The molecule has 3 heteroatoms. The van der Waals surface area contributed by atoms with Crippen molar-refractivity contribution < 1.29 is 0 Å². The molecule has 10 aromatic carbocycles. The second-order valence-corrected chi connectivity index (χ2v) is 19.7. The number of hydrogen-bond donors (Lipinski definition) is 0. The van der Waals surface area contributed by atoms with Crippen molar-refractivity contribution in [3.05, 3.63) is 235 Å². The molecule has 0 bridgehead atoms. The third kappa shape index (κ3) is 4.73. The van der Waals surface area contributed by atoms with Crippen molar-refractivity contribution in [2.24, 2.45) is 0 Å². The van der Waals surface area contributed by atoms with E-state index in [2.05, 4.69) is 212 Å². The Labute approximate surface area is 383 Å². The van der Waals surface area contributed by atoms with Crippen molar-refractivity contribution >= 4 is 84.7 Å². The average Bonchev–Trinajstić information content (AvgIpc) is 4.11. The molecular formula is C62H35NS2. The van der Waals surface area contributed by atoms with Crippen LogP contribution in [0.3, 0.4) is 0 Å². The first-order chi connectivity index (χ1) is 32.2. The number of fused-ring (bicyclic) bond motifs is 20. The van der Waals surface area contributed by atoms with Crippen molar-refractivity contribution in [1.82, 2.24) is 4.98 Å². The second kappa shape index (κ2) is 13.2. The molecular weight excluding hydrogens is 823 g/mol. The van der Waals surface area contributed by atoms with Crippen LogP contribution in [0.15, 0.2) is 212 Å². The highest BCUT2D eigenvalue weighted by Gasteiger charge is 2.52. The number of hydrogen-bond acceptors (Lipinski definition) is 3. The highest BCUT2D eigenvalue weighted by molar-refractivity contribution is 7.26. The number of rotatable bonds is 3. The van der Waals surface area contributed by atoms with Gasteiger partial charge in [0.2, 0.25) is 0 Å². The summed E-state index contributed by atoms with van der Waals surface area (Å²) in [6.07, 6.45) is 0. The lowest BCUT2D eigenvalue weighted by Gasteiger charge is -2.30. The molecule has 0 saturated carbocycles. The van der Waals surface area contributed by atoms with Crippen LogP contribution in [-0.2, 0) is 5.41 Å². The van der Waals surface area contributed by atoms with Crippen LogP contribution >= 0.6 is 22.7 Å². The monoisotopic (exact) mass is 857 g/mol. The molecule has 65 heavy (non-hydrogen) atoms. The van der Waals surface area contributed by atoms with Crippen molar-refractivity contribution in [1.29, 1.82) is 0 Å². The Morgan fingerprint density at radius 3 is 1.40 bits per heavy atom. The van der Waals surface area contributed by atoms with Gasteiger partial charge in [0.1, 0.15) is 0 Å². The molecule has 13 aromatic rings. The zero-order valence-electron chi connectivity index (χ0n) is 35.0. The molecule has 0 aliphatic heterocycles. The van der Waals surface area contributed by atoms with Crippen LogP contribution in [0.1, 0.15) is 22.3 Å². The van der Waals surface area contributed by atoms with E-state index in [1.54, 1.807) is 0 Å². The summed E-state index contributed by atoms with van der Waals surface area (Å²) in [6, 6.07) is 79.6. The maximum Gasteiger partial charge on any atom is 0.0794 e. The number of benzene rings is 10. The smallest absolute Gasteiger partial charge is 0.0794 e. The fourth-order valence-electron chi connectivity index (χ4n) is 11.9. The maximum absolute atomic E-state index is 5.80. The zero-order valence-corrected chi connectivity index (χ0v) is 36.6. The number of pyridine rings is 1. The highest BCUT2D eigenvalue weighted by atomic mass is 32.1. The lowest BCUT2D eigenvalue weighted by molar-refractivity contribution is 0.794. The lowest BCUT2D eigenvalue weighted by Crippen LogP contribution is -2.25. The van der Waals surface area contributed by atoms with Crippen LogP contribution in [0.2, 0.25) is 0 Å². The van der Waals surface area contributed by atoms with Gasteiger partial charge in [-0.2, -0.15) is 0 Å². The van der Waals surface area contributed by atoms with Gasteiger partial charge in [0.05, 0.1) is 16.6 Å². The van der Waals surface area contributed by atoms with Gasteiger partial charge in [-0.3, -0.25) is 0 Å². The van der Waals surface area contributed by atoms with E-state index in [9.17, 15) is 0 Å². The molecule has 0 atom stereocenters. The van der Waals surface area contributed by atoms with Crippen molar-refractivity contribution in [3.63, 3.8) is 0 Å². The van der Waals surface area contributed by atoms with Crippen LogP contribution in [0.25, 0.3) is 118 Å². The molecule has 0 saturated heterocycles. The molecule has 3 heterocycles. The summed E-state index contributed by atoms with van der Waals surface area (Å²) in [5.74, 6) is 0. The third-order valence-electron chi connectivity index (χ3n) is 14.5. The van der Waals surface area contributed by atoms with Gasteiger partial charge in [-0.15, -0.1) is 22.7 Å². The van der Waals surface area contributed by atoms with E-state index < -0.39 is 5.41 Å². The van der Waals surface area contributed by atoms with Crippen LogP contribution in [0.5, 0.6) is 0 Å². The first kappa shape index (κ1) is 35.7. The van der Waals surface area contributed by atoms with E-state index in [4.69, 9.17) is 4.98 Å². The lowest BCUT2D eigenvalue weighted by atomic mass is 9.70. The Balaban J connectivity index is 1.09. The number of para-hydroxylation sites is 1. The minimum Gasteiger partial charge on any atom is -0.247 e. The Hall–Kier alpha value is -7.69. The number of nitrogens with zero attached hydrogens (tertiary/aromatic N) is 1. The molecule has 1 spiro atoms. The Morgan fingerprint density at radius 2 is 0.785 bits per heavy atom. The average molecular weight is 858 g/mol. The van der Waals surface area contributed by atoms with Crippen LogP contribution < -0.4 is 0 Å². The highest BCUT2D eigenvalue weighted by Crippen LogP contribution is 2.64. The van der Waals surface area contributed by atoms with E-state index in [-0.39, 0.29) is 0 Å². The zero-order chi connectivity index (χ0) is 42.4. The fourth-order valence-corrected chi connectivity index (χ4v) is 14.3. The van der Waals surface area contributed by atoms with Gasteiger partial charge >= 0.3 is 0 Å². The van der Waals surface area contributed by atoms with Crippen molar-refractivity contribution in [2.75, 3.05) is 0 Å². The van der Waals surface area contributed by atoms with Gasteiger partial charge in [-0.1, -0.05) is 176 Å². The number of aromatic nitrogens is 1. The van der Waals surface area contributed by atoms with Gasteiger partial charge in [-0.05, 0) is 109 Å². The Kier molecular flexibility index (Phi) is 7.25. The topological polar surface area (TPSA) is 12.9 Å². The SMILES string of the molecule is c1ccc2c(c1)-c1ccccc1C21c2ccccc2-c2c1ccc1c2c(-c2cc(-c3cccc4c3sc3ccccc34)cc(-c3cccc4c3sc3ccccc34)c2)nc2ccccc21. The standard InChI is InChI=1S/C62H35NS2/c1-7-25-50-41(15-1)42-16-2-8-26-51(42)62(50)52-27-9-3-20-49(52)57-53(62)32-31-46-43-17-4-10-28-54(43)63-59(58(46)57)38-34-36(39-21-13-23-47-44-18-5-11-29-55(44)64-60(39)47)33-37(35-38)40-22-14-24-48-45-19-6-12-30-56(45)65-61(40)48/h1-35H. The third-order valence-corrected chi connectivity index (χ3v) is 16.9. The molecule has 300 valence electrons. The molecule has 2 aliphatic rings. The first-order valence-electron chi connectivity index (χ1n) is 22.4. The molecule has 0 unspecified atom stereocenters. The normalized spacial score (nSPS) is 13.4. The van der Waals surface area contributed by atoms with Crippen LogP contribution in [0.4, 0.5) is 0 Å². The summed E-state index contributed by atoms with van der Waals surface area (Å²) in [5.41, 5.74) is 18.1. The van der Waals surface area contributed by atoms with E-state index in [0.717, 1.165) is 16.8 Å². The second-order valence-electron chi connectivity index (χ2n) is 17.6. The summed E-state index contributed by atoms with van der Waals surface area (Å²) in [4.78, 5) is 5.80. The minimum absolute atomic E-state index is 0.461. The number of thiophene rings is 2. The summed E-state index contributed by atoms with van der Waals surface area (Å²) in [6.45, 7) is 0. The maximum atomic E-state index is 5.80. The van der Waals surface area contributed by atoms with E-state index >= 15 is 0 Å². The molecule has 0 fully saturated rings. The van der Waals surface area contributed by atoms with Crippen LogP contribution in [-0.4, -0.2) is 4.98 Å². The summed E-state index contributed by atoms with van der Waals surface area (Å²) in [5, 5.41) is 8.81. The van der Waals surface area contributed by atoms with Crippen molar-refractivity contribution in [2.45, 2.75) is 5.41 Å². The Bertz CT molecular complexity index is 4030. The van der Waals surface area contributed by atoms with Gasteiger partial charge in [0, 0.05) is 56.7 Å². The van der Waals surface area contributed by atoms with Crippen molar-refractivity contribution in [3.8, 4) is 55.8 Å². The Morgan fingerprint density at radius 1 is 0.323 bits per heavy atom. The molecule has 0 radical (unpaired) electrons. The summed E-state index contributed by atoms with van der Waals surface area (Å²) >= 11 is 3.78. The molecule has 1 nitrogen and oxygen atoms in total. The predicted octanol–water partition coefficient (Wildman–Crippen LogP) is 17.5. The fraction of sp³-hybridized carbons (Fsp3) is 0.0161. The van der Waals surface area contributed by atoms with E-state index in [0.29, 0.717) is 0 Å². The van der Waals surface area contributed by atoms with Gasteiger partial charge in [0.15, 0.2) is 0 Å². The molecule has 15 rings (SSSR count). The molecule has 0 N–H and O–H groups in total. The van der Waals surface area contributed by atoms with E-state index in [1.807, 2.05) is 22.7 Å². The van der Waals surface area contributed by atoms with Gasteiger partial charge < -0.3 is 0 Å².